The molecule has 0 spiro atoms. The largest absolute Gasteiger partial charge is 0.376 e. The molecule has 0 radical (unpaired) electrons. The molecule has 23 heavy (non-hydrogen) atoms. The van der Waals surface area contributed by atoms with Crippen LogP contribution < -0.4 is 5.32 Å². The van der Waals surface area contributed by atoms with Gasteiger partial charge in [-0.2, -0.15) is 0 Å². The van der Waals surface area contributed by atoms with Crippen LogP contribution in [0.15, 0.2) is 41.8 Å². The second-order valence-corrected chi connectivity index (χ2v) is 7.39. The van der Waals surface area contributed by atoms with Crippen molar-refractivity contribution in [3.8, 4) is 0 Å². The van der Waals surface area contributed by atoms with E-state index in [9.17, 15) is 0 Å². The van der Waals surface area contributed by atoms with Crippen molar-refractivity contribution in [2.24, 2.45) is 0 Å². The van der Waals surface area contributed by atoms with E-state index < -0.39 is 0 Å². The molecule has 1 fully saturated rings. The van der Waals surface area contributed by atoms with Crippen molar-refractivity contribution in [3.63, 3.8) is 0 Å². The highest BCUT2D eigenvalue weighted by molar-refractivity contribution is 7.80. The zero-order valence-electron chi connectivity index (χ0n) is 12.7. The van der Waals surface area contributed by atoms with Gasteiger partial charge in [0.05, 0.1) is 12.6 Å². The highest BCUT2D eigenvalue weighted by atomic mass is 35.5. The Kier molecular flexibility index (Phi) is 5.89. The third-order valence-corrected chi connectivity index (χ3v) is 5.23. The van der Waals surface area contributed by atoms with Gasteiger partial charge in [0.2, 0.25) is 0 Å². The monoisotopic (exact) mass is 366 g/mol. The van der Waals surface area contributed by atoms with Crippen LogP contribution in [0.2, 0.25) is 5.02 Å². The smallest absolute Gasteiger partial charge is 0.173 e. The Morgan fingerprint density at radius 3 is 2.83 bits per heavy atom. The summed E-state index contributed by atoms with van der Waals surface area (Å²) >= 11 is 13.3. The van der Waals surface area contributed by atoms with Crippen LogP contribution in [-0.4, -0.2) is 29.3 Å². The van der Waals surface area contributed by atoms with E-state index in [1.807, 2.05) is 24.3 Å². The van der Waals surface area contributed by atoms with Crippen LogP contribution in [0.4, 0.5) is 5.69 Å². The van der Waals surface area contributed by atoms with Gasteiger partial charge in [0, 0.05) is 28.7 Å². The second-order valence-electron chi connectivity index (χ2n) is 5.53. The first-order chi connectivity index (χ1) is 11.2. The van der Waals surface area contributed by atoms with Crippen LogP contribution in [0, 0.1) is 0 Å². The van der Waals surface area contributed by atoms with E-state index in [1.54, 1.807) is 11.3 Å². The quantitative estimate of drug-likeness (QED) is 0.769. The zero-order valence-corrected chi connectivity index (χ0v) is 15.1. The number of hydrogen-bond donors (Lipinski definition) is 1. The Hall–Kier alpha value is -1.14. The van der Waals surface area contributed by atoms with Crippen LogP contribution >= 0.6 is 35.2 Å². The third kappa shape index (κ3) is 4.91. The lowest BCUT2D eigenvalue weighted by atomic mass is 10.2. The molecule has 2 aromatic rings. The fraction of sp³-hybridized carbons (Fsp3) is 0.353. The number of thiophene rings is 1. The topological polar surface area (TPSA) is 24.5 Å². The van der Waals surface area contributed by atoms with Gasteiger partial charge in [-0.15, -0.1) is 11.3 Å². The van der Waals surface area contributed by atoms with Gasteiger partial charge in [-0.25, -0.2) is 0 Å². The summed E-state index contributed by atoms with van der Waals surface area (Å²) < 4.78 is 5.78. The molecule has 1 aliphatic rings. The average Bonchev–Trinajstić information content (AvgIpc) is 3.22. The minimum atomic E-state index is 0.264. The Balaban J connectivity index is 1.67. The summed E-state index contributed by atoms with van der Waals surface area (Å²) in [4.78, 5) is 3.48. The molecule has 0 saturated carbocycles. The second kappa shape index (κ2) is 8.11. The van der Waals surface area contributed by atoms with Gasteiger partial charge < -0.3 is 15.0 Å². The number of thiocarbonyl (C=S) groups is 1. The zero-order chi connectivity index (χ0) is 16.1. The van der Waals surface area contributed by atoms with Gasteiger partial charge in [-0.1, -0.05) is 17.7 Å². The predicted molar refractivity (Wildman–Crippen MR) is 101 cm³/mol. The maximum atomic E-state index is 5.93. The summed E-state index contributed by atoms with van der Waals surface area (Å²) in [6.45, 7) is 2.48. The maximum Gasteiger partial charge on any atom is 0.173 e. The fourth-order valence-corrected chi connectivity index (χ4v) is 3.68. The number of nitrogens with zero attached hydrogens (tertiary/aromatic N) is 1. The van der Waals surface area contributed by atoms with Crippen molar-refractivity contribution < 1.29 is 4.74 Å². The van der Waals surface area contributed by atoms with E-state index in [2.05, 4.69) is 27.7 Å². The van der Waals surface area contributed by atoms with Crippen molar-refractivity contribution in [2.45, 2.75) is 25.5 Å². The molecule has 1 saturated heterocycles. The molecule has 1 aromatic carbocycles. The maximum absolute atomic E-state index is 5.93. The Labute approximate surface area is 151 Å². The standard InChI is InChI=1S/C17H19ClN2OS2/c18-13-5-7-14(8-6-13)19-17(22)20(11-15-3-1-9-21-15)12-16-4-2-10-23-16/h2,4-8,10,15H,1,3,9,11-12H2,(H,19,22)/t15-/m0/s1. The highest BCUT2D eigenvalue weighted by Crippen LogP contribution is 2.19. The average molecular weight is 367 g/mol. The molecule has 122 valence electrons. The molecule has 0 unspecified atom stereocenters. The summed E-state index contributed by atoms with van der Waals surface area (Å²) in [5.41, 5.74) is 0.947. The molecule has 0 amide bonds. The number of anilines is 1. The van der Waals surface area contributed by atoms with Gasteiger partial charge in [-0.3, -0.25) is 0 Å². The first kappa shape index (κ1) is 16.7. The lowest BCUT2D eigenvalue weighted by Gasteiger charge is -2.28. The molecule has 6 heteroatoms. The molecular formula is C17H19ClN2OS2. The number of halogens is 1. The van der Waals surface area contributed by atoms with Gasteiger partial charge in [0.1, 0.15) is 0 Å². The number of benzene rings is 1. The van der Waals surface area contributed by atoms with Gasteiger partial charge in [0.15, 0.2) is 5.11 Å². The molecule has 0 bridgehead atoms. The van der Waals surface area contributed by atoms with E-state index >= 15 is 0 Å². The SMILES string of the molecule is S=C(Nc1ccc(Cl)cc1)N(Cc1cccs1)C[C@@H]1CCCO1. The van der Waals surface area contributed by atoms with Crippen molar-refractivity contribution in [1.29, 1.82) is 0 Å². The normalized spacial score (nSPS) is 17.2. The summed E-state index contributed by atoms with van der Waals surface area (Å²) in [6, 6.07) is 11.8. The van der Waals surface area contributed by atoms with Crippen LogP contribution in [0.3, 0.4) is 0 Å². The molecule has 3 rings (SSSR count). The predicted octanol–water partition coefficient (Wildman–Crippen LogP) is 4.78. The molecule has 0 aliphatic carbocycles. The lowest BCUT2D eigenvalue weighted by Crippen LogP contribution is -2.39. The van der Waals surface area contributed by atoms with E-state index in [4.69, 9.17) is 28.6 Å². The van der Waals surface area contributed by atoms with Crippen molar-refractivity contribution >= 4 is 46.0 Å². The van der Waals surface area contributed by atoms with Gasteiger partial charge >= 0.3 is 0 Å². The minimum absolute atomic E-state index is 0.264. The number of rotatable bonds is 5. The Morgan fingerprint density at radius 2 is 2.17 bits per heavy atom. The fourth-order valence-electron chi connectivity index (χ4n) is 2.58. The molecule has 1 atom stereocenters. The van der Waals surface area contributed by atoms with Crippen molar-refractivity contribution in [3.05, 3.63) is 51.7 Å². The molecule has 3 nitrogen and oxygen atoms in total. The number of ether oxygens (including phenoxy) is 1. The highest BCUT2D eigenvalue weighted by Gasteiger charge is 2.21. The van der Waals surface area contributed by atoms with Crippen molar-refractivity contribution in [1.82, 2.24) is 4.90 Å². The number of nitrogens with one attached hydrogen (secondary N) is 1. The van der Waals surface area contributed by atoms with E-state index in [-0.39, 0.29) is 6.10 Å². The van der Waals surface area contributed by atoms with Crippen LogP contribution in [0.1, 0.15) is 17.7 Å². The summed E-state index contributed by atoms with van der Waals surface area (Å²) in [7, 11) is 0. The summed E-state index contributed by atoms with van der Waals surface area (Å²) in [5.74, 6) is 0. The molecule has 1 aromatic heterocycles. The molecule has 1 N–H and O–H groups in total. The van der Waals surface area contributed by atoms with Crippen LogP contribution in [0.5, 0.6) is 0 Å². The summed E-state index contributed by atoms with van der Waals surface area (Å²) in [6.07, 6.45) is 2.50. The van der Waals surface area contributed by atoms with E-state index in [0.29, 0.717) is 0 Å². The first-order valence-corrected chi connectivity index (χ1v) is 9.33. The molecule has 1 aliphatic heterocycles. The Morgan fingerprint density at radius 1 is 1.35 bits per heavy atom. The molecule has 2 heterocycles. The Bertz CT molecular complexity index is 625. The van der Waals surface area contributed by atoms with Crippen molar-refractivity contribution in [2.75, 3.05) is 18.5 Å². The van der Waals surface area contributed by atoms with E-state index in [0.717, 1.165) is 48.4 Å². The first-order valence-electron chi connectivity index (χ1n) is 7.66. The van der Waals surface area contributed by atoms with Crippen LogP contribution in [0.25, 0.3) is 0 Å². The lowest BCUT2D eigenvalue weighted by molar-refractivity contribution is 0.0907. The van der Waals surface area contributed by atoms with Crippen LogP contribution in [-0.2, 0) is 11.3 Å². The molecular weight excluding hydrogens is 348 g/mol. The minimum Gasteiger partial charge on any atom is -0.376 e. The third-order valence-electron chi connectivity index (χ3n) is 3.76. The number of hydrogen-bond acceptors (Lipinski definition) is 3. The van der Waals surface area contributed by atoms with Gasteiger partial charge in [0.25, 0.3) is 0 Å². The van der Waals surface area contributed by atoms with E-state index in [1.165, 1.54) is 4.88 Å². The summed E-state index contributed by atoms with van der Waals surface area (Å²) in [5, 5.41) is 6.83. The van der Waals surface area contributed by atoms with Gasteiger partial charge in [-0.05, 0) is 60.8 Å².